The van der Waals surface area contributed by atoms with Crippen LogP contribution >= 0.6 is 27.5 Å². The van der Waals surface area contributed by atoms with E-state index in [4.69, 9.17) is 16.0 Å². The predicted molar refractivity (Wildman–Crippen MR) is 76.2 cm³/mol. The van der Waals surface area contributed by atoms with Crippen LogP contribution in [0.1, 0.15) is 12.7 Å². The Morgan fingerprint density at radius 2 is 1.94 bits per heavy atom. The summed E-state index contributed by atoms with van der Waals surface area (Å²) in [4.78, 5) is 0. The summed E-state index contributed by atoms with van der Waals surface area (Å²) in [5, 5.41) is 0. The number of hydrogen-bond donors (Lipinski definition) is 0. The Labute approximate surface area is 114 Å². The van der Waals surface area contributed by atoms with Crippen molar-refractivity contribution in [3.8, 4) is 11.3 Å². The number of hydrogen-bond acceptors (Lipinski definition) is 1. The van der Waals surface area contributed by atoms with Crippen molar-refractivity contribution in [1.29, 1.82) is 0 Å². The van der Waals surface area contributed by atoms with E-state index in [0.717, 1.165) is 27.1 Å². The third-order valence-electron chi connectivity index (χ3n) is 2.35. The van der Waals surface area contributed by atoms with Gasteiger partial charge in [0.1, 0.15) is 11.5 Å². The summed E-state index contributed by atoms with van der Waals surface area (Å²) < 4.78 is 6.79. The Hall–Kier alpha value is -0.990. The molecule has 0 fully saturated rings. The van der Waals surface area contributed by atoms with Crippen LogP contribution < -0.4 is 0 Å². The van der Waals surface area contributed by atoms with Gasteiger partial charge >= 0.3 is 0 Å². The van der Waals surface area contributed by atoms with Crippen LogP contribution in [0.15, 0.2) is 50.9 Å². The van der Waals surface area contributed by atoms with Gasteiger partial charge in [0.15, 0.2) is 0 Å². The molecule has 1 heterocycles. The van der Waals surface area contributed by atoms with Crippen LogP contribution in [0.2, 0.25) is 0 Å². The van der Waals surface area contributed by atoms with E-state index >= 15 is 0 Å². The number of halogens is 2. The number of allylic oxidation sites excluding steroid dienone is 1. The lowest BCUT2D eigenvalue weighted by Gasteiger charge is -1.97. The van der Waals surface area contributed by atoms with Crippen LogP contribution in [0.4, 0.5) is 0 Å². The fourth-order valence-electron chi connectivity index (χ4n) is 1.48. The zero-order valence-corrected chi connectivity index (χ0v) is 11.8. The van der Waals surface area contributed by atoms with Crippen molar-refractivity contribution in [2.24, 2.45) is 0 Å². The molecule has 0 radical (unpaired) electrons. The number of benzene rings is 1. The largest absolute Gasteiger partial charge is 0.457 e. The molecule has 0 saturated carbocycles. The van der Waals surface area contributed by atoms with E-state index < -0.39 is 0 Å². The molecule has 1 aromatic carbocycles. The highest BCUT2D eigenvalue weighted by Crippen LogP contribution is 2.24. The van der Waals surface area contributed by atoms with Gasteiger partial charge < -0.3 is 4.42 Å². The standard InChI is InChI=1S/C14H12BrClO/c1-10(9-16)8-13-6-7-14(17-13)11-2-4-12(15)5-3-11/h2-8H,9H2,1H3. The first-order valence-electron chi connectivity index (χ1n) is 5.28. The third kappa shape index (κ3) is 3.24. The van der Waals surface area contributed by atoms with Crippen LogP contribution in [-0.2, 0) is 0 Å². The van der Waals surface area contributed by atoms with Gasteiger partial charge in [-0.05, 0) is 37.3 Å². The Morgan fingerprint density at radius 1 is 1.24 bits per heavy atom. The molecule has 3 heteroatoms. The molecule has 0 atom stereocenters. The minimum Gasteiger partial charge on any atom is -0.457 e. The van der Waals surface area contributed by atoms with E-state index in [1.165, 1.54) is 0 Å². The lowest BCUT2D eigenvalue weighted by Crippen LogP contribution is -1.75. The average molecular weight is 312 g/mol. The second kappa shape index (κ2) is 5.56. The van der Waals surface area contributed by atoms with E-state index in [1.54, 1.807) is 0 Å². The molecular weight excluding hydrogens is 300 g/mol. The van der Waals surface area contributed by atoms with Crippen molar-refractivity contribution in [3.05, 3.63) is 52.2 Å². The van der Waals surface area contributed by atoms with Gasteiger partial charge in [-0.25, -0.2) is 0 Å². The van der Waals surface area contributed by atoms with Gasteiger partial charge in [0.05, 0.1) is 0 Å². The van der Waals surface area contributed by atoms with Crippen LogP contribution in [-0.4, -0.2) is 5.88 Å². The SMILES string of the molecule is CC(=Cc1ccc(-c2ccc(Br)cc2)o1)CCl. The van der Waals surface area contributed by atoms with Crippen molar-refractivity contribution in [3.63, 3.8) is 0 Å². The second-order valence-electron chi connectivity index (χ2n) is 3.83. The molecule has 0 spiro atoms. The number of rotatable bonds is 3. The first-order valence-corrected chi connectivity index (χ1v) is 6.60. The van der Waals surface area contributed by atoms with E-state index in [0.29, 0.717) is 5.88 Å². The molecule has 0 aliphatic carbocycles. The van der Waals surface area contributed by atoms with Crippen LogP contribution in [0, 0.1) is 0 Å². The smallest absolute Gasteiger partial charge is 0.134 e. The van der Waals surface area contributed by atoms with Gasteiger partial charge in [-0.1, -0.05) is 33.6 Å². The summed E-state index contributed by atoms with van der Waals surface area (Å²) in [6.07, 6.45) is 1.95. The Kier molecular flexibility index (Phi) is 4.08. The second-order valence-corrected chi connectivity index (χ2v) is 5.02. The van der Waals surface area contributed by atoms with E-state index in [2.05, 4.69) is 15.9 Å². The lowest BCUT2D eigenvalue weighted by atomic mass is 10.2. The summed E-state index contributed by atoms with van der Waals surface area (Å²) in [6, 6.07) is 12.0. The minimum atomic E-state index is 0.522. The highest BCUT2D eigenvalue weighted by atomic mass is 79.9. The molecule has 0 N–H and O–H groups in total. The maximum atomic E-state index is 5.73. The summed E-state index contributed by atoms with van der Waals surface area (Å²) in [7, 11) is 0. The van der Waals surface area contributed by atoms with Gasteiger partial charge in [-0.2, -0.15) is 0 Å². The fourth-order valence-corrected chi connectivity index (χ4v) is 1.82. The lowest BCUT2D eigenvalue weighted by molar-refractivity contribution is 0.571. The summed E-state index contributed by atoms with van der Waals surface area (Å²) in [5.41, 5.74) is 2.15. The molecule has 0 bridgehead atoms. The van der Waals surface area contributed by atoms with Crippen LogP contribution in [0.3, 0.4) is 0 Å². The predicted octanol–water partition coefficient (Wildman–Crippen LogP) is 5.35. The first-order chi connectivity index (χ1) is 8.19. The van der Waals surface area contributed by atoms with Gasteiger partial charge in [-0.15, -0.1) is 11.6 Å². The van der Waals surface area contributed by atoms with Gasteiger partial charge in [0.2, 0.25) is 0 Å². The number of furan rings is 1. The van der Waals surface area contributed by atoms with Crippen molar-refractivity contribution < 1.29 is 4.42 Å². The van der Waals surface area contributed by atoms with Crippen molar-refractivity contribution in [2.45, 2.75) is 6.92 Å². The zero-order chi connectivity index (χ0) is 12.3. The maximum Gasteiger partial charge on any atom is 0.134 e. The summed E-state index contributed by atoms with van der Waals surface area (Å²) in [5.74, 6) is 2.22. The maximum absolute atomic E-state index is 5.73. The highest BCUT2D eigenvalue weighted by molar-refractivity contribution is 9.10. The van der Waals surface area contributed by atoms with E-state index in [-0.39, 0.29) is 0 Å². The molecule has 17 heavy (non-hydrogen) atoms. The van der Waals surface area contributed by atoms with Crippen LogP contribution in [0.25, 0.3) is 17.4 Å². The van der Waals surface area contributed by atoms with Crippen molar-refractivity contribution in [1.82, 2.24) is 0 Å². The molecule has 1 aromatic heterocycles. The van der Waals surface area contributed by atoms with Gasteiger partial charge in [0.25, 0.3) is 0 Å². The third-order valence-corrected chi connectivity index (χ3v) is 3.31. The first kappa shape index (κ1) is 12.5. The molecule has 1 nitrogen and oxygen atoms in total. The Morgan fingerprint density at radius 3 is 2.59 bits per heavy atom. The van der Waals surface area contributed by atoms with Gasteiger partial charge in [0, 0.05) is 15.9 Å². The summed E-state index contributed by atoms with van der Waals surface area (Å²) in [6.45, 7) is 1.98. The molecule has 0 aliphatic rings. The van der Waals surface area contributed by atoms with E-state index in [9.17, 15) is 0 Å². The Bertz CT molecular complexity index is 525. The topological polar surface area (TPSA) is 13.1 Å². The highest BCUT2D eigenvalue weighted by Gasteiger charge is 2.03. The molecule has 0 saturated heterocycles. The average Bonchev–Trinajstić information content (AvgIpc) is 2.78. The van der Waals surface area contributed by atoms with Crippen molar-refractivity contribution in [2.75, 3.05) is 5.88 Å². The zero-order valence-electron chi connectivity index (χ0n) is 9.41. The molecule has 2 aromatic rings. The molecule has 2 rings (SSSR count). The van der Waals surface area contributed by atoms with Gasteiger partial charge in [-0.3, -0.25) is 0 Å². The van der Waals surface area contributed by atoms with Crippen molar-refractivity contribution >= 4 is 33.6 Å². The van der Waals surface area contributed by atoms with E-state index in [1.807, 2.05) is 49.4 Å². The van der Waals surface area contributed by atoms with Crippen LogP contribution in [0.5, 0.6) is 0 Å². The molecule has 0 unspecified atom stereocenters. The summed E-state index contributed by atoms with van der Waals surface area (Å²) >= 11 is 9.14. The fraction of sp³-hybridized carbons (Fsp3) is 0.143. The minimum absolute atomic E-state index is 0.522. The molecular formula is C14H12BrClO. The molecule has 0 amide bonds. The Balaban J connectivity index is 2.27. The molecule has 0 aliphatic heterocycles. The monoisotopic (exact) mass is 310 g/mol. The normalized spacial score (nSPS) is 11.8. The quantitative estimate of drug-likeness (QED) is 0.696. The number of alkyl halides is 1. The molecule has 88 valence electrons.